The van der Waals surface area contributed by atoms with Gasteiger partial charge in [0, 0.05) is 42.8 Å². The minimum atomic E-state index is -4.60. The zero-order valence-corrected chi connectivity index (χ0v) is 15.9. The van der Waals surface area contributed by atoms with Crippen molar-refractivity contribution in [3.63, 3.8) is 0 Å². The van der Waals surface area contributed by atoms with E-state index in [2.05, 4.69) is 15.9 Å². The van der Waals surface area contributed by atoms with Crippen molar-refractivity contribution in [3.8, 4) is 0 Å². The van der Waals surface area contributed by atoms with Gasteiger partial charge in [-0.25, -0.2) is 4.39 Å². The first-order chi connectivity index (χ1) is 12.7. The maximum atomic E-state index is 13.2. The van der Waals surface area contributed by atoms with E-state index in [0.717, 1.165) is 10.5 Å². The highest BCUT2D eigenvalue weighted by Gasteiger charge is 2.34. The number of nitrogens with zero attached hydrogens (tertiary/aromatic N) is 2. The van der Waals surface area contributed by atoms with Crippen molar-refractivity contribution >= 4 is 21.8 Å². The van der Waals surface area contributed by atoms with Gasteiger partial charge in [-0.05, 0) is 42.0 Å². The lowest BCUT2D eigenvalue weighted by atomic mass is 10.1. The van der Waals surface area contributed by atoms with Gasteiger partial charge in [0.15, 0.2) is 0 Å². The van der Waals surface area contributed by atoms with Crippen molar-refractivity contribution in [1.82, 2.24) is 9.80 Å². The van der Waals surface area contributed by atoms with Crippen LogP contribution in [0, 0.1) is 5.82 Å². The number of hydrogen-bond acceptors (Lipinski definition) is 2. The van der Waals surface area contributed by atoms with Crippen molar-refractivity contribution in [1.29, 1.82) is 0 Å². The predicted molar refractivity (Wildman–Crippen MR) is 96.7 cm³/mol. The summed E-state index contributed by atoms with van der Waals surface area (Å²) in [5.74, 6) is -1.00. The first kappa shape index (κ1) is 19.8. The van der Waals surface area contributed by atoms with Crippen molar-refractivity contribution in [3.05, 3.63) is 69.4 Å². The third-order valence-corrected chi connectivity index (χ3v) is 5.05. The molecule has 0 bridgehead atoms. The van der Waals surface area contributed by atoms with Gasteiger partial charge in [-0.1, -0.05) is 22.0 Å². The van der Waals surface area contributed by atoms with E-state index in [1.54, 1.807) is 29.2 Å². The molecule has 0 atom stereocenters. The standard InChI is InChI=1S/C19H17BrF4N2O/c20-15-4-1-13(2-5-15)18(27)26-9-7-25(8-10-26)12-14-3-6-16(21)11-17(14)19(22,23)24/h1-6,11H,7-10,12H2. The van der Waals surface area contributed by atoms with Crippen molar-refractivity contribution < 1.29 is 22.4 Å². The number of benzene rings is 2. The normalized spacial score (nSPS) is 15.8. The van der Waals surface area contributed by atoms with E-state index in [0.29, 0.717) is 37.8 Å². The molecule has 3 nitrogen and oxygen atoms in total. The van der Waals surface area contributed by atoms with Crippen LogP contribution in [0.3, 0.4) is 0 Å². The van der Waals surface area contributed by atoms with Crippen LogP contribution >= 0.6 is 15.9 Å². The maximum absolute atomic E-state index is 13.2. The Hall–Kier alpha value is -1.93. The number of hydrogen-bond donors (Lipinski definition) is 0. The molecule has 1 aliphatic heterocycles. The number of amides is 1. The zero-order chi connectivity index (χ0) is 19.6. The monoisotopic (exact) mass is 444 g/mol. The van der Waals surface area contributed by atoms with Crippen LogP contribution in [0.1, 0.15) is 21.5 Å². The molecule has 0 unspecified atom stereocenters. The summed E-state index contributed by atoms with van der Waals surface area (Å²) in [6.07, 6.45) is -4.60. The van der Waals surface area contributed by atoms with Gasteiger partial charge < -0.3 is 4.90 Å². The second-order valence-corrected chi connectivity index (χ2v) is 7.29. The Labute approximate surface area is 162 Å². The highest BCUT2D eigenvalue weighted by Crippen LogP contribution is 2.33. The molecule has 0 N–H and O–H groups in total. The predicted octanol–water partition coefficient (Wildman–Crippen LogP) is 4.57. The molecule has 0 saturated carbocycles. The van der Waals surface area contributed by atoms with Gasteiger partial charge in [-0.15, -0.1) is 0 Å². The Morgan fingerprint density at radius 3 is 2.22 bits per heavy atom. The van der Waals surface area contributed by atoms with E-state index in [1.807, 2.05) is 4.90 Å². The quantitative estimate of drug-likeness (QED) is 0.647. The van der Waals surface area contributed by atoms with E-state index in [-0.39, 0.29) is 18.0 Å². The Morgan fingerprint density at radius 1 is 1.00 bits per heavy atom. The molecule has 3 rings (SSSR count). The second kappa shape index (κ2) is 7.98. The molecular weight excluding hydrogens is 428 g/mol. The van der Waals surface area contributed by atoms with Crippen molar-refractivity contribution in [2.24, 2.45) is 0 Å². The average Bonchev–Trinajstić information content (AvgIpc) is 2.63. The first-order valence-electron chi connectivity index (χ1n) is 8.37. The highest BCUT2D eigenvalue weighted by atomic mass is 79.9. The van der Waals surface area contributed by atoms with Crippen molar-refractivity contribution in [2.75, 3.05) is 26.2 Å². The molecule has 1 heterocycles. The summed E-state index contributed by atoms with van der Waals surface area (Å²) in [4.78, 5) is 16.0. The Balaban J connectivity index is 1.63. The molecule has 1 aliphatic rings. The van der Waals surface area contributed by atoms with Crippen molar-refractivity contribution in [2.45, 2.75) is 12.7 Å². The summed E-state index contributed by atoms with van der Waals surface area (Å²) in [5.41, 5.74) is -0.336. The smallest absolute Gasteiger partial charge is 0.336 e. The minimum absolute atomic E-state index is 0.0385. The number of piperazine rings is 1. The zero-order valence-electron chi connectivity index (χ0n) is 14.3. The van der Waals surface area contributed by atoms with E-state index in [1.165, 1.54) is 6.07 Å². The van der Waals surface area contributed by atoms with Gasteiger partial charge in [0.25, 0.3) is 5.91 Å². The number of rotatable bonds is 3. The van der Waals surface area contributed by atoms with E-state index < -0.39 is 17.6 Å². The molecule has 1 saturated heterocycles. The molecule has 0 aromatic heterocycles. The summed E-state index contributed by atoms with van der Waals surface area (Å²) in [6.45, 7) is 1.83. The summed E-state index contributed by atoms with van der Waals surface area (Å²) < 4.78 is 53.5. The summed E-state index contributed by atoms with van der Waals surface area (Å²) in [7, 11) is 0. The van der Waals surface area contributed by atoms with E-state index >= 15 is 0 Å². The molecular formula is C19H17BrF4N2O. The molecule has 1 amide bonds. The largest absolute Gasteiger partial charge is 0.416 e. The lowest BCUT2D eigenvalue weighted by molar-refractivity contribution is -0.138. The fraction of sp³-hybridized carbons (Fsp3) is 0.316. The lowest BCUT2D eigenvalue weighted by Gasteiger charge is -2.35. The fourth-order valence-corrected chi connectivity index (χ4v) is 3.34. The number of alkyl halides is 3. The Kier molecular flexibility index (Phi) is 5.86. The van der Waals surface area contributed by atoms with Crippen LogP contribution in [0.25, 0.3) is 0 Å². The number of halogens is 5. The van der Waals surface area contributed by atoms with Gasteiger partial charge >= 0.3 is 6.18 Å². The van der Waals surface area contributed by atoms with Crippen LogP contribution in [0.5, 0.6) is 0 Å². The van der Waals surface area contributed by atoms with Crippen LogP contribution in [0.2, 0.25) is 0 Å². The SMILES string of the molecule is O=C(c1ccc(Br)cc1)N1CCN(Cc2ccc(F)cc2C(F)(F)F)CC1. The van der Waals surface area contributed by atoms with E-state index in [4.69, 9.17) is 0 Å². The number of carbonyl (C=O) groups is 1. The summed E-state index contributed by atoms with van der Waals surface area (Å²) in [5, 5.41) is 0. The third kappa shape index (κ3) is 4.87. The third-order valence-electron chi connectivity index (χ3n) is 4.52. The molecule has 0 spiro atoms. The average molecular weight is 445 g/mol. The highest BCUT2D eigenvalue weighted by molar-refractivity contribution is 9.10. The Morgan fingerprint density at radius 2 is 1.63 bits per heavy atom. The first-order valence-corrected chi connectivity index (χ1v) is 9.16. The maximum Gasteiger partial charge on any atom is 0.416 e. The van der Waals surface area contributed by atoms with Crippen LogP contribution < -0.4 is 0 Å². The van der Waals surface area contributed by atoms with Gasteiger partial charge in [-0.3, -0.25) is 9.69 Å². The molecule has 1 fully saturated rings. The van der Waals surface area contributed by atoms with Crippen LogP contribution in [0.15, 0.2) is 46.9 Å². The van der Waals surface area contributed by atoms with Gasteiger partial charge in [0.05, 0.1) is 5.56 Å². The van der Waals surface area contributed by atoms with Gasteiger partial charge in [0.2, 0.25) is 0 Å². The molecule has 144 valence electrons. The minimum Gasteiger partial charge on any atom is -0.336 e. The second-order valence-electron chi connectivity index (χ2n) is 6.37. The Bertz CT molecular complexity index is 815. The topological polar surface area (TPSA) is 23.6 Å². The summed E-state index contributed by atoms with van der Waals surface area (Å²) in [6, 6.07) is 9.78. The van der Waals surface area contributed by atoms with Crippen LogP contribution in [0.4, 0.5) is 17.6 Å². The molecule has 2 aromatic carbocycles. The van der Waals surface area contributed by atoms with Crippen LogP contribution in [-0.2, 0) is 12.7 Å². The van der Waals surface area contributed by atoms with Crippen LogP contribution in [-0.4, -0.2) is 41.9 Å². The molecule has 0 radical (unpaired) electrons. The summed E-state index contributed by atoms with van der Waals surface area (Å²) >= 11 is 3.32. The lowest BCUT2D eigenvalue weighted by Crippen LogP contribution is -2.48. The van der Waals surface area contributed by atoms with Gasteiger partial charge in [0.1, 0.15) is 5.82 Å². The van der Waals surface area contributed by atoms with E-state index in [9.17, 15) is 22.4 Å². The fourth-order valence-electron chi connectivity index (χ4n) is 3.08. The molecule has 0 aliphatic carbocycles. The molecule has 8 heteroatoms. The molecule has 2 aromatic rings. The van der Waals surface area contributed by atoms with Gasteiger partial charge in [-0.2, -0.15) is 13.2 Å². The number of carbonyl (C=O) groups excluding carboxylic acids is 1. The molecule has 27 heavy (non-hydrogen) atoms.